The highest BCUT2D eigenvalue weighted by molar-refractivity contribution is 14.0. The quantitative estimate of drug-likeness (QED) is 0.278. The Bertz CT molecular complexity index is 949. The molecule has 3 N–H and O–H groups in total. The largest absolute Gasteiger partial charge is 0.361 e. The highest BCUT2D eigenvalue weighted by Gasteiger charge is 2.20. The molecule has 150 valence electrons. The Balaban J connectivity index is 0.00000225. The molecule has 1 aliphatic heterocycles. The van der Waals surface area contributed by atoms with Crippen LogP contribution in [-0.4, -0.2) is 44.8 Å². The highest BCUT2D eigenvalue weighted by atomic mass is 127. The van der Waals surface area contributed by atoms with Gasteiger partial charge >= 0.3 is 0 Å². The third kappa shape index (κ3) is 4.78. The first-order chi connectivity index (χ1) is 13.2. The summed E-state index contributed by atoms with van der Waals surface area (Å²) < 4.78 is 1.97. The summed E-state index contributed by atoms with van der Waals surface area (Å²) in [5, 5.41) is 13.1. The molecule has 3 aromatic rings. The predicted molar refractivity (Wildman–Crippen MR) is 124 cm³/mol. The smallest absolute Gasteiger partial charge is 0.191 e. The fraction of sp³-hybridized carbons (Fsp3) is 0.421. The number of hydrogen-bond donors (Lipinski definition) is 3. The van der Waals surface area contributed by atoms with Gasteiger partial charge in [-0.05, 0) is 43.5 Å². The van der Waals surface area contributed by atoms with E-state index in [4.69, 9.17) is 16.6 Å². The average molecular weight is 514 g/mol. The molecule has 4 rings (SSSR count). The minimum absolute atomic E-state index is 0. The molecule has 1 unspecified atom stereocenters. The van der Waals surface area contributed by atoms with E-state index in [0.717, 1.165) is 54.7 Å². The van der Waals surface area contributed by atoms with Gasteiger partial charge in [0.25, 0.3) is 0 Å². The van der Waals surface area contributed by atoms with Crippen molar-refractivity contribution in [2.75, 3.05) is 13.1 Å². The first kappa shape index (κ1) is 20.9. The summed E-state index contributed by atoms with van der Waals surface area (Å²) in [6.07, 6.45) is 6.50. The van der Waals surface area contributed by atoms with Gasteiger partial charge in [-0.3, -0.25) is 4.99 Å². The van der Waals surface area contributed by atoms with Crippen LogP contribution in [0.25, 0.3) is 10.9 Å². The van der Waals surface area contributed by atoms with Crippen LogP contribution in [0.3, 0.4) is 0 Å². The van der Waals surface area contributed by atoms with Gasteiger partial charge in [0, 0.05) is 47.7 Å². The van der Waals surface area contributed by atoms with Gasteiger partial charge in [-0.15, -0.1) is 24.0 Å². The van der Waals surface area contributed by atoms with Crippen LogP contribution in [-0.2, 0) is 19.4 Å². The lowest BCUT2D eigenvalue weighted by Crippen LogP contribution is -2.47. The van der Waals surface area contributed by atoms with E-state index in [1.807, 2.05) is 29.1 Å². The van der Waals surface area contributed by atoms with Crippen molar-refractivity contribution >= 4 is 52.4 Å². The average Bonchev–Trinajstić information content (AvgIpc) is 3.28. The zero-order chi connectivity index (χ0) is 18.6. The maximum atomic E-state index is 6.14. The van der Waals surface area contributed by atoms with Crippen LogP contribution in [0.5, 0.6) is 0 Å². The SMILES string of the molecule is CCNC(=NCCc1c[nH]c2ccc(Cl)cc12)NC1CCc2ncnn2C1.I. The Morgan fingerprint density at radius 2 is 2.32 bits per heavy atom. The zero-order valence-corrected chi connectivity index (χ0v) is 18.9. The number of halogens is 2. The summed E-state index contributed by atoms with van der Waals surface area (Å²) >= 11 is 6.14. The van der Waals surface area contributed by atoms with E-state index >= 15 is 0 Å². The molecular formula is C19H25ClIN7. The Morgan fingerprint density at radius 3 is 3.18 bits per heavy atom. The summed E-state index contributed by atoms with van der Waals surface area (Å²) in [5.41, 5.74) is 2.34. The van der Waals surface area contributed by atoms with Gasteiger partial charge in [0.05, 0.1) is 6.54 Å². The van der Waals surface area contributed by atoms with Crippen LogP contribution in [0.15, 0.2) is 35.7 Å². The minimum Gasteiger partial charge on any atom is -0.361 e. The molecule has 0 saturated heterocycles. The number of benzene rings is 1. The van der Waals surface area contributed by atoms with E-state index in [1.54, 1.807) is 6.33 Å². The van der Waals surface area contributed by atoms with Crippen LogP contribution in [0.2, 0.25) is 5.02 Å². The standard InChI is InChI=1S/C19H24ClN7.HI/c1-2-21-19(26-15-4-6-18-24-12-25-27(18)11-15)22-8-7-13-10-23-17-5-3-14(20)9-16(13)17;/h3,5,9-10,12,15,23H,2,4,6-8,11H2,1H3,(H2,21,22,26);1H. The summed E-state index contributed by atoms with van der Waals surface area (Å²) in [4.78, 5) is 12.3. The number of aromatic nitrogens is 4. The lowest BCUT2D eigenvalue weighted by atomic mass is 10.1. The lowest BCUT2D eigenvalue weighted by Gasteiger charge is -2.25. The summed E-state index contributed by atoms with van der Waals surface area (Å²) in [7, 11) is 0. The fourth-order valence-corrected chi connectivity index (χ4v) is 3.69. The number of fused-ring (bicyclic) bond motifs is 2. The van der Waals surface area contributed by atoms with Gasteiger partial charge in [0.1, 0.15) is 12.2 Å². The normalized spacial score (nSPS) is 16.5. The van der Waals surface area contributed by atoms with Crippen molar-refractivity contribution in [3.63, 3.8) is 0 Å². The molecule has 1 aliphatic rings. The first-order valence-electron chi connectivity index (χ1n) is 9.40. The Morgan fingerprint density at radius 1 is 1.43 bits per heavy atom. The van der Waals surface area contributed by atoms with E-state index in [9.17, 15) is 0 Å². The van der Waals surface area contributed by atoms with Gasteiger partial charge in [-0.1, -0.05) is 11.6 Å². The summed E-state index contributed by atoms with van der Waals surface area (Å²) in [6.45, 7) is 4.43. The lowest BCUT2D eigenvalue weighted by molar-refractivity contribution is 0.393. The second-order valence-electron chi connectivity index (χ2n) is 6.75. The third-order valence-electron chi connectivity index (χ3n) is 4.87. The van der Waals surface area contributed by atoms with Crippen molar-refractivity contribution in [2.45, 2.75) is 38.8 Å². The number of aliphatic imine (C=N–C) groups is 1. The van der Waals surface area contributed by atoms with Crippen molar-refractivity contribution in [1.29, 1.82) is 0 Å². The Labute approximate surface area is 186 Å². The molecule has 0 spiro atoms. The predicted octanol–water partition coefficient (Wildman–Crippen LogP) is 3.14. The van der Waals surface area contributed by atoms with Crippen molar-refractivity contribution in [2.24, 2.45) is 4.99 Å². The number of nitrogens with one attached hydrogen (secondary N) is 3. The summed E-state index contributed by atoms with van der Waals surface area (Å²) in [5.74, 6) is 1.91. The van der Waals surface area contributed by atoms with Crippen LogP contribution < -0.4 is 10.6 Å². The maximum absolute atomic E-state index is 6.14. The Kier molecular flexibility index (Phi) is 7.17. The number of aromatic amines is 1. The van der Waals surface area contributed by atoms with Gasteiger partial charge in [-0.2, -0.15) is 5.10 Å². The third-order valence-corrected chi connectivity index (χ3v) is 5.11. The molecule has 9 heteroatoms. The summed E-state index contributed by atoms with van der Waals surface area (Å²) in [6, 6.07) is 6.23. The van der Waals surface area contributed by atoms with Crippen molar-refractivity contribution in [1.82, 2.24) is 30.4 Å². The molecule has 2 aromatic heterocycles. The molecule has 1 aromatic carbocycles. The van der Waals surface area contributed by atoms with E-state index < -0.39 is 0 Å². The number of guanidine groups is 1. The van der Waals surface area contributed by atoms with Gasteiger partial charge in [-0.25, -0.2) is 9.67 Å². The molecule has 0 fully saturated rings. The molecule has 0 aliphatic carbocycles. The second-order valence-corrected chi connectivity index (χ2v) is 7.19. The second kappa shape index (κ2) is 9.60. The number of hydrogen-bond acceptors (Lipinski definition) is 3. The molecule has 0 saturated carbocycles. The highest BCUT2D eigenvalue weighted by Crippen LogP contribution is 2.22. The molecule has 0 bridgehead atoms. The van der Waals surface area contributed by atoms with Crippen LogP contribution >= 0.6 is 35.6 Å². The molecule has 1 atom stereocenters. The minimum atomic E-state index is 0. The topological polar surface area (TPSA) is 82.9 Å². The fourth-order valence-electron chi connectivity index (χ4n) is 3.51. The number of rotatable bonds is 5. The van der Waals surface area contributed by atoms with Gasteiger partial charge < -0.3 is 15.6 Å². The van der Waals surface area contributed by atoms with Crippen LogP contribution in [0, 0.1) is 0 Å². The number of H-pyrrole nitrogens is 1. The molecular weight excluding hydrogens is 489 g/mol. The van der Waals surface area contributed by atoms with Crippen molar-refractivity contribution in [3.05, 3.63) is 47.1 Å². The van der Waals surface area contributed by atoms with Crippen molar-refractivity contribution < 1.29 is 0 Å². The first-order valence-corrected chi connectivity index (χ1v) is 9.77. The van der Waals surface area contributed by atoms with Crippen molar-refractivity contribution in [3.8, 4) is 0 Å². The number of aryl methyl sites for hydroxylation is 1. The maximum Gasteiger partial charge on any atom is 0.191 e. The van der Waals surface area contributed by atoms with E-state index in [2.05, 4.69) is 32.6 Å². The molecule has 28 heavy (non-hydrogen) atoms. The van der Waals surface area contributed by atoms with E-state index in [-0.39, 0.29) is 24.0 Å². The molecule has 3 heterocycles. The molecule has 0 radical (unpaired) electrons. The van der Waals surface area contributed by atoms with Crippen LogP contribution in [0.4, 0.5) is 0 Å². The molecule has 7 nitrogen and oxygen atoms in total. The van der Waals surface area contributed by atoms with E-state index in [0.29, 0.717) is 12.6 Å². The number of nitrogens with zero attached hydrogens (tertiary/aromatic N) is 4. The van der Waals surface area contributed by atoms with Crippen LogP contribution in [0.1, 0.15) is 24.7 Å². The van der Waals surface area contributed by atoms with Gasteiger partial charge in [0.2, 0.25) is 0 Å². The van der Waals surface area contributed by atoms with E-state index in [1.165, 1.54) is 10.9 Å². The van der Waals surface area contributed by atoms with Gasteiger partial charge in [0.15, 0.2) is 5.96 Å². The Hall–Kier alpha value is -1.81. The molecule has 0 amide bonds. The monoisotopic (exact) mass is 513 g/mol. The zero-order valence-electron chi connectivity index (χ0n) is 15.8.